The van der Waals surface area contributed by atoms with Crippen molar-refractivity contribution in [2.24, 2.45) is 5.10 Å². The summed E-state index contributed by atoms with van der Waals surface area (Å²) in [7, 11) is 0. The third-order valence-corrected chi connectivity index (χ3v) is 3.82. The fraction of sp³-hybridized carbons (Fsp3) is 0.125. The smallest absolute Gasteiger partial charge is 0.277 e. The van der Waals surface area contributed by atoms with Crippen molar-refractivity contribution >= 4 is 44.0 Å². The van der Waals surface area contributed by atoms with E-state index in [0.29, 0.717) is 12.2 Å². The quantitative estimate of drug-likeness (QED) is 0.563. The van der Waals surface area contributed by atoms with Crippen LogP contribution in [0.4, 0.5) is 0 Å². The van der Waals surface area contributed by atoms with E-state index in [4.69, 9.17) is 4.74 Å². The number of halogens is 2. The van der Waals surface area contributed by atoms with Gasteiger partial charge in [0.25, 0.3) is 5.91 Å². The molecular formula is C16H14Br2N2O2. The topological polar surface area (TPSA) is 50.7 Å². The molecule has 0 heterocycles. The maximum absolute atomic E-state index is 11.6. The van der Waals surface area contributed by atoms with Gasteiger partial charge in [-0.25, -0.2) is 5.43 Å². The zero-order valence-electron chi connectivity index (χ0n) is 11.6. The summed E-state index contributed by atoms with van der Waals surface area (Å²) in [5.41, 5.74) is 3.57. The molecule has 0 aromatic heterocycles. The minimum Gasteiger partial charge on any atom is -0.483 e. The lowest BCUT2D eigenvalue weighted by Crippen LogP contribution is -2.24. The maximum atomic E-state index is 11.6. The van der Waals surface area contributed by atoms with E-state index in [1.54, 1.807) is 12.3 Å². The van der Waals surface area contributed by atoms with E-state index in [2.05, 4.69) is 42.4 Å². The highest BCUT2D eigenvalue weighted by Crippen LogP contribution is 2.27. The Labute approximate surface area is 145 Å². The number of rotatable bonds is 6. The van der Waals surface area contributed by atoms with Gasteiger partial charge in [0.05, 0.1) is 4.47 Å². The fourth-order valence-corrected chi connectivity index (χ4v) is 2.81. The number of benzene rings is 2. The maximum Gasteiger partial charge on any atom is 0.277 e. The molecule has 0 bridgehead atoms. The first-order valence-corrected chi connectivity index (χ1v) is 8.16. The molecule has 0 aliphatic carbocycles. The van der Waals surface area contributed by atoms with Crippen LogP contribution in [-0.4, -0.2) is 18.7 Å². The van der Waals surface area contributed by atoms with Gasteiger partial charge in [-0.1, -0.05) is 46.3 Å². The minimum absolute atomic E-state index is 0.0943. The molecule has 1 N–H and O–H groups in total. The highest BCUT2D eigenvalue weighted by molar-refractivity contribution is 9.11. The van der Waals surface area contributed by atoms with Gasteiger partial charge in [-0.15, -0.1) is 0 Å². The van der Waals surface area contributed by atoms with Crippen LogP contribution in [0.25, 0.3) is 0 Å². The molecule has 0 aliphatic rings. The lowest BCUT2D eigenvalue weighted by Gasteiger charge is -2.07. The number of hydrazone groups is 1. The van der Waals surface area contributed by atoms with Crippen LogP contribution in [0.3, 0.4) is 0 Å². The van der Waals surface area contributed by atoms with E-state index >= 15 is 0 Å². The van der Waals surface area contributed by atoms with Gasteiger partial charge < -0.3 is 4.74 Å². The van der Waals surface area contributed by atoms with E-state index in [1.165, 1.54) is 0 Å². The molecule has 0 aliphatic heterocycles. The monoisotopic (exact) mass is 424 g/mol. The highest BCUT2D eigenvalue weighted by Gasteiger charge is 2.05. The predicted octanol–water partition coefficient (Wildman–Crippen LogP) is 3.94. The second kappa shape index (κ2) is 8.70. The molecule has 2 aromatic carbocycles. The molecule has 22 heavy (non-hydrogen) atoms. The van der Waals surface area contributed by atoms with Crippen molar-refractivity contribution < 1.29 is 9.53 Å². The van der Waals surface area contributed by atoms with Gasteiger partial charge in [0.2, 0.25) is 0 Å². The number of hydrogen-bond donors (Lipinski definition) is 1. The number of carbonyl (C=O) groups excluding carboxylic acids is 1. The molecule has 0 fully saturated rings. The summed E-state index contributed by atoms with van der Waals surface area (Å²) in [6.45, 7) is -0.0943. The molecule has 0 saturated heterocycles. The van der Waals surface area contributed by atoms with Crippen LogP contribution in [0.15, 0.2) is 62.6 Å². The molecule has 0 saturated carbocycles. The SMILES string of the molecule is O=C(COc1ccc(Br)cc1Br)NN=CCc1ccccc1. The number of hydrogen-bond acceptors (Lipinski definition) is 3. The zero-order valence-corrected chi connectivity index (χ0v) is 14.8. The predicted molar refractivity (Wildman–Crippen MR) is 94.1 cm³/mol. The molecule has 0 spiro atoms. The van der Waals surface area contributed by atoms with Crippen LogP contribution in [0, 0.1) is 0 Å². The first-order valence-electron chi connectivity index (χ1n) is 6.57. The Morgan fingerprint density at radius 1 is 1.18 bits per heavy atom. The van der Waals surface area contributed by atoms with Crippen molar-refractivity contribution in [2.75, 3.05) is 6.61 Å². The molecule has 6 heteroatoms. The Bertz CT molecular complexity index is 660. The van der Waals surface area contributed by atoms with E-state index in [-0.39, 0.29) is 12.5 Å². The van der Waals surface area contributed by atoms with Gasteiger partial charge in [-0.05, 0) is 39.7 Å². The number of carbonyl (C=O) groups is 1. The average molecular weight is 426 g/mol. The van der Waals surface area contributed by atoms with Crippen molar-refractivity contribution in [1.29, 1.82) is 0 Å². The summed E-state index contributed by atoms with van der Waals surface area (Å²) < 4.78 is 7.13. The molecule has 114 valence electrons. The average Bonchev–Trinajstić information content (AvgIpc) is 2.52. The Morgan fingerprint density at radius 3 is 2.68 bits per heavy atom. The standard InChI is InChI=1S/C16H14Br2N2O2/c17-13-6-7-15(14(18)10-13)22-11-16(21)20-19-9-8-12-4-2-1-3-5-12/h1-7,9-10H,8,11H2,(H,20,21). The van der Waals surface area contributed by atoms with Crippen LogP contribution in [0.1, 0.15) is 5.56 Å². The van der Waals surface area contributed by atoms with Crippen molar-refractivity contribution in [1.82, 2.24) is 5.43 Å². The van der Waals surface area contributed by atoms with Crippen LogP contribution in [-0.2, 0) is 11.2 Å². The lowest BCUT2D eigenvalue weighted by molar-refractivity contribution is -0.123. The summed E-state index contributed by atoms with van der Waals surface area (Å²) >= 11 is 6.72. The molecule has 0 unspecified atom stereocenters. The number of amides is 1. The molecular weight excluding hydrogens is 412 g/mol. The van der Waals surface area contributed by atoms with Crippen LogP contribution < -0.4 is 10.2 Å². The number of ether oxygens (including phenoxy) is 1. The summed E-state index contributed by atoms with van der Waals surface area (Å²) in [6.07, 6.45) is 2.32. The second-order valence-electron chi connectivity index (χ2n) is 4.40. The van der Waals surface area contributed by atoms with Crippen LogP contribution in [0.2, 0.25) is 0 Å². The van der Waals surface area contributed by atoms with Gasteiger partial charge in [-0.3, -0.25) is 4.79 Å². The highest BCUT2D eigenvalue weighted by atomic mass is 79.9. The third kappa shape index (κ3) is 5.61. The Balaban J connectivity index is 1.74. The zero-order chi connectivity index (χ0) is 15.8. The first kappa shape index (κ1) is 16.7. The van der Waals surface area contributed by atoms with E-state index in [1.807, 2.05) is 42.5 Å². The molecule has 2 aromatic rings. The molecule has 0 atom stereocenters. The second-order valence-corrected chi connectivity index (χ2v) is 6.17. The third-order valence-electron chi connectivity index (χ3n) is 2.70. The number of nitrogens with zero attached hydrogens (tertiary/aromatic N) is 1. The molecule has 1 amide bonds. The van der Waals surface area contributed by atoms with Gasteiger partial charge in [0.15, 0.2) is 6.61 Å². The summed E-state index contributed by atoms with van der Waals surface area (Å²) in [6, 6.07) is 15.4. The van der Waals surface area contributed by atoms with Crippen LogP contribution >= 0.6 is 31.9 Å². The normalized spacial score (nSPS) is 10.6. The summed E-state index contributed by atoms with van der Waals surface area (Å²) in [4.78, 5) is 11.6. The first-order chi connectivity index (χ1) is 10.6. The number of nitrogens with one attached hydrogen (secondary N) is 1. The van der Waals surface area contributed by atoms with Crippen molar-refractivity contribution in [2.45, 2.75) is 6.42 Å². The lowest BCUT2D eigenvalue weighted by atomic mass is 10.2. The van der Waals surface area contributed by atoms with Crippen molar-refractivity contribution in [3.05, 3.63) is 63.0 Å². The van der Waals surface area contributed by atoms with E-state index < -0.39 is 0 Å². The van der Waals surface area contributed by atoms with E-state index in [9.17, 15) is 4.79 Å². The Morgan fingerprint density at radius 2 is 1.95 bits per heavy atom. The summed E-state index contributed by atoms with van der Waals surface area (Å²) in [5, 5.41) is 3.89. The Kier molecular flexibility index (Phi) is 6.61. The van der Waals surface area contributed by atoms with Crippen molar-refractivity contribution in [3.63, 3.8) is 0 Å². The largest absolute Gasteiger partial charge is 0.483 e. The van der Waals surface area contributed by atoms with Gasteiger partial charge in [-0.2, -0.15) is 5.10 Å². The fourth-order valence-electron chi connectivity index (χ4n) is 1.65. The van der Waals surface area contributed by atoms with Crippen molar-refractivity contribution in [3.8, 4) is 5.75 Å². The summed E-state index contributed by atoms with van der Waals surface area (Å²) in [5.74, 6) is 0.297. The molecule has 0 radical (unpaired) electrons. The molecule has 2 rings (SSSR count). The molecule has 4 nitrogen and oxygen atoms in total. The van der Waals surface area contributed by atoms with Crippen LogP contribution in [0.5, 0.6) is 5.75 Å². The minimum atomic E-state index is -0.306. The van der Waals surface area contributed by atoms with Gasteiger partial charge in [0, 0.05) is 17.1 Å². The van der Waals surface area contributed by atoms with Gasteiger partial charge >= 0.3 is 0 Å². The Hall–Kier alpha value is -1.66. The van der Waals surface area contributed by atoms with E-state index in [0.717, 1.165) is 14.5 Å². The van der Waals surface area contributed by atoms with Gasteiger partial charge in [0.1, 0.15) is 5.75 Å².